The summed E-state index contributed by atoms with van der Waals surface area (Å²) in [7, 11) is 0. The largest absolute Gasteiger partial charge is 0.443 e. The molecular weight excluding hydrogens is 364 g/mol. The molecule has 4 amide bonds. The highest BCUT2D eigenvalue weighted by molar-refractivity contribution is 6.21. The first-order valence-corrected chi connectivity index (χ1v) is 8.95. The molecule has 0 radical (unpaired) electrons. The summed E-state index contributed by atoms with van der Waals surface area (Å²) >= 11 is 0. The van der Waals surface area contributed by atoms with Crippen molar-refractivity contribution in [1.29, 1.82) is 0 Å². The van der Waals surface area contributed by atoms with Gasteiger partial charge in [0.15, 0.2) is 0 Å². The van der Waals surface area contributed by atoms with Crippen LogP contribution >= 0.6 is 0 Å². The Morgan fingerprint density at radius 1 is 0.857 bits per heavy atom. The van der Waals surface area contributed by atoms with E-state index in [0.29, 0.717) is 4.90 Å². The zero-order valence-corrected chi connectivity index (χ0v) is 17.2. The van der Waals surface area contributed by atoms with Crippen molar-refractivity contribution in [3.63, 3.8) is 0 Å². The summed E-state index contributed by atoms with van der Waals surface area (Å²) in [6.07, 6.45) is -3.26. The molecule has 1 aromatic carbocycles. The molecular formula is C20H26N2O6. The number of imide groups is 2. The second-order valence-corrected chi connectivity index (χ2v) is 8.49. The van der Waals surface area contributed by atoms with Crippen LogP contribution in [0.3, 0.4) is 0 Å². The monoisotopic (exact) mass is 390 g/mol. The van der Waals surface area contributed by atoms with Crippen LogP contribution in [0.1, 0.15) is 69.2 Å². The molecule has 0 saturated heterocycles. The Morgan fingerprint density at radius 2 is 1.21 bits per heavy atom. The van der Waals surface area contributed by atoms with E-state index < -0.39 is 41.4 Å². The SMILES string of the molecule is CC(N(C(=O)OC(C)(C)C)C(=O)OC(C)(C)C)N1C(=O)c2ccccc2C1=O. The predicted molar refractivity (Wildman–Crippen MR) is 101 cm³/mol. The number of nitrogens with zero attached hydrogens (tertiary/aromatic N) is 2. The van der Waals surface area contributed by atoms with Crippen LogP contribution < -0.4 is 0 Å². The average molecular weight is 390 g/mol. The number of hydrogen-bond acceptors (Lipinski definition) is 6. The highest BCUT2D eigenvalue weighted by Crippen LogP contribution is 2.27. The second-order valence-electron chi connectivity index (χ2n) is 8.49. The van der Waals surface area contributed by atoms with Gasteiger partial charge in [-0.3, -0.25) is 14.5 Å². The third kappa shape index (κ3) is 4.49. The van der Waals surface area contributed by atoms with Gasteiger partial charge < -0.3 is 9.47 Å². The van der Waals surface area contributed by atoms with Crippen LogP contribution in [-0.2, 0) is 9.47 Å². The third-order valence-corrected chi connectivity index (χ3v) is 3.75. The molecule has 0 fully saturated rings. The van der Waals surface area contributed by atoms with Crippen LogP contribution in [0.4, 0.5) is 9.59 Å². The van der Waals surface area contributed by atoms with Gasteiger partial charge in [-0.05, 0) is 60.6 Å². The molecule has 8 heteroatoms. The summed E-state index contributed by atoms with van der Waals surface area (Å²) in [4.78, 5) is 52.4. The standard InChI is InChI=1S/C20H26N2O6/c1-12(21-15(23)13-10-8-9-11-14(13)16(21)24)22(17(25)27-19(2,3)4)18(26)28-20(5,6)7/h8-12H,1-7H3. The number of fused-ring (bicyclic) bond motifs is 1. The number of amides is 4. The first-order chi connectivity index (χ1) is 12.7. The number of carbonyl (C=O) groups is 4. The number of ether oxygens (including phenoxy) is 2. The topological polar surface area (TPSA) is 93.2 Å². The van der Waals surface area contributed by atoms with E-state index in [2.05, 4.69) is 0 Å². The molecule has 1 unspecified atom stereocenters. The minimum absolute atomic E-state index is 0.215. The lowest BCUT2D eigenvalue weighted by Crippen LogP contribution is -2.56. The van der Waals surface area contributed by atoms with Gasteiger partial charge in [-0.2, -0.15) is 4.90 Å². The van der Waals surface area contributed by atoms with Gasteiger partial charge in [0.2, 0.25) is 0 Å². The maximum Gasteiger partial charge on any atom is 0.421 e. The summed E-state index contributed by atoms with van der Waals surface area (Å²) < 4.78 is 10.6. The van der Waals surface area contributed by atoms with Crippen molar-refractivity contribution in [3.8, 4) is 0 Å². The summed E-state index contributed by atoms with van der Waals surface area (Å²) in [6.45, 7) is 11.3. The highest BCUT2D eigenvalue weighted by Gasteiger charge is 2.45. The third-order valence-electron chi connectivity index (χ3n) is 3.75. The smallest absolute Gasteiger partial charge is 0.421 e. The van der Waals surface area contributed by atoms with E-state index in [1.54, 1.807) is 53.7 Å². The molecule has 1 heterocycles. The molecule has 0 spiro atoms. The lowest BCUT2D eigenvalue weighted by molar-refractivity contribution is -0.0193. The number of hydrogen-bond donors (Lipinski definition) is 0. The summed E-state index contributed by atoms with van der Waals surface area (Å²) in [5.41, 5.74) is -1.35. The minimum Gasteiger partial charge on any atom is -0.443 e. The van der Waals surface area contributed by atoms with Gasteiger partial charge in [0, 0.05) is 0 Å². The van der Waals surface area contributed by atoms with Gasteiger partial charge in [-0.1, -0.05) is 12.1 Å². The van der Waals surface area contributed by atoms with Gasteiger partial charge in [0.25, 0.3) is 11.8 Å². The molecule has 152 valence electrons. The molecule has 1 aliphatic heterocycles. The van der Waals surface area contributed by atoms with Crippen molar-refractivity contribution in [2.75, 3.05) is 0 Å². The molecule has 0 aromatic heterocycles. The minimum atomic E-state index is -1.24. The van der Waals surface area contributed by atoms with Gasteiger partial charge in [-0.15, -0.1) is 0 Å². The van der Waals surface area contributed by atoms with Gasteiger partial charge in [-0.25, -0.2) is 9.59 Å². The molecule has 8 nitrogen and oxygen atoms in total. The van der Waals surface area contributed by atoms with Gasteiger partial charge in [0.05, 0.1) is 11.1 Å². The fourth-order valence-electron chi connectivity index (χ4n) is 2.66. The van der Waals surface area contributed by atoms with Gasteiger partial charge in [0.1, 0.15) is 17.4 Å². The zero-order chi connectivity index (χ0) is 21.4. The van der Waals surface area contributed by atoms with E-state index in [9.17, 15) is 19.2 Å². The molecule has 1 aromatic rings. The molecule has 2 rings (SSSR count). The fourth-order valence-corrected chi connectivity index (χ4v) is 2.66. The Labute approximate surface area is 164 Å². The molecule has 0 N–H and O–H groups in total. The van der Waals surface area contributed by atoms with E-state index in [1.165, 1.54) is 19.1 Å². The Kier molecular flexibility index (Phi) is 5.55. The summed E-state index contributed by atoms with van der Waals surface area (Å²) in [5, 5.41) is 0. The first-order valence-electron chi connectivity index (χ1n) is 8.95. The fraction of sp³-hybridized carbons (Fsp3) is 0.500. The molecule has 0 aliphatic carbocycles. The van der Waals surface area contributed by atoms with E-state index in [1.807, 2.05) is 0 Å². The summed E-state index contributed by atoms with van der Waals surface area (Å²) in [5.74, 6) is -1.18. The van der Waals surface area contributed by atoms with Crippen LogP contribution in [0.2, 0.25) is 0 Å². The zero-order valence-electron chi connectivity index (χ0n) is 17.2. The van der Waals surface area contributed by atoms with Crippen LogP contribution in [0, 0.1) is 0 Å². The number of carbonyl (C=O) groups excluding carboxylic acids is 4. The molecule has 1 atom stereocenters. The molecule has 0 bridgehead atoms. The number of benzene rings is 1. The van der Waals surface area contributed by atoms with Crippen molar-refractivity contribution >= 4 is 24.0 Å². The highest BCUT2D eigenvalue weighted by atomic mass is 16.6. The van der Waals surface area contributed by atoms with Crippen molar-refractivity contribution < 1.29 is 28.7 Å². The van der Waals surface area contributed by atoms with Crippen molar-refractivity contribution in [1.82, 2.24) is 9.80 Å². The van der Waals surface area contributed by atoms with Gasteiger partial charge >= 0.3 is 12.2 Å². The maximum absolute atomic E-state index is 12.7. The van der Waals surface area contributed by atoms with Crippen molar-refractivity contribution in [3.05, 3.63) is 35.4 Å². The molecule has 0 saturated carbocycles. The Morgan fingerprint density at radius 3 is 1.54 bits per heavy atom. The van der Waals surface area contributed by atoms with Crippen LogP contribution in [0.25, 0.3) is 0 Å². The Bertz CT molecular complexity index is 756. The van der Waals surface area contributed by atoms with Crippen molar-refractivity contribution in [2.24, 2.45) is 0 Å². The van der Waals surface area contributed by atoms with E-state index in [-0.39, 0.29) is 11.1 Å². The molecule has 28 heavy (non-hydrogen) atoms. The lowest BCUT2D eigenvalue weighted by Gasteiger charge is -2.34. The average Bonchev–Trinajstić information content (AvgIpc) is 2.75. The first kappa shape index (κ1) is 21.4. The maximum atomic E-state index is 12.7. The van der Waals surface area contributed by atoms with Crippen LogP contribution in [0.15, 0.2) is 24.3 Å². The van der Waals surface area contributed by atoms with Crippen molar-refractivity contribution in [2.45, 2.75) is 65.8 Å². The quantitative estimate of drug-likeness (QED) is 0.713. The lowest BCUT2D eigenvalue weighted by atomic mass is 10.1. The molecule has 1 aliphatic rings. The number of rotatable bonds is 2. The van der Waals surface area contributed by atoms with Crippen LogP contribution in [0.5, 0.6) is 0 Å². The second kappa shape index (κ2) is 7.26. The van der Waals surface area contributed by atoms with E-state index in [4.69, 9.17) is 9.47 Å². The van der Waals surface area contributed by atoms with E-state index >= 15 is 0 Å². The summed E-state index contributed by atoms with van der Waals surface area (Å²) in [6, 6.07) is 6.32. The predicted octanol–water partition coefficient (Wildman–Crippen LogP) is 3.80. The van der Waals surface area contributed by atoms with Crippen LogP contribution in [-0.4, -0.2) is 51.2 Å². The van der Waals surface area contributed by atoms with E-state index in [0.717, 1.165) is 4.90 Å². The Hall–Kier alpha value is -2.90. The normalized spacial score (nSPS) is 15.2. The Balaban J connectivity index is 2.40.